The molecule has 0 radical (unpaired) electrons. The Hall–Kier alpha value is -1.40. The fraction of sp³-hybridized carbons (Fsp3) is 0.800. The third kappa shape index (κ3) is 8.32. The summed E-state index contributed by atoms with van der Waals surface area (Å²) in [4.78, 5) is 23.4. The van der Waals surface area contributed by atoms with Crippen LogP contribution in [-0.4, -0.2) is 47.6 Å². The van der Waals surface area contributed by atoms with Crippen molar-refractivity contribution < 1.29 is 29.3 Å². The Morgan fingerprint density at radius 2 is 1.62 bits per heavy atom. The molecule has 0 amide bonds. The molecule has 6 heteroatoms. The van der Waals surface area contributed by atoms with Crippen molar-refractivity contribution in [2.45, 2.75) is 95.9 Å². The fourth-order valence-electron chi connectivity index (χ4n) is 3.16. The summed E-state index contributed by atoms with van der Waals surface area (Å²) in [5, 5.41) is 20.1. The van der Waals surface area contributed by atoms with Crippen molar-refractivity contribution >= 4 is 11.9 Å². The molecule has 1 aliphatic rings. The zero-order valence-corrected chi connectivity index (χ0v) is 16.1. The van der Waals surface area contributed by atoms with E-state index in [1.807, 2.05) is 0 Å². The summed E-state index contributed by atoms with van der Waals surface area (Å²) in [6, 6.07) is 0. The molecule has 0 aromatic carbocycles. The molecular weight excluding hydrogens is 336 g/mol. The molecule has 0 saturated heterocycles. The first-order valence-corrected chi connectivity index (χ1v) is 9.84. The van der Waals surface area contributed by atoms with Gasteiger partial charge in [-0.25, -0.2) is 4.79 Å². The molecule has 0 aliphatic heterocycles. The monoisotopic (exact) mass is 370 g/mol. The van der Waals surface area contributed by atoms with Crippen molar-refractivity contribution in [3.63, 3.8) is 0 Å². The minimum atomic E-state index is -1.21. The van der Waals surface area contributed by atoms with E-state index in [-0.39, 0.29) is 18.4 Å². The lowest BCUT2D eigenvalue weighted by atomic mass is 9.92. The van der Waals surface area contributed by atoms with Crippen molar-refractivity contribution in [2.75, 3.05) is 7.11 Å². The third-order valence-electron chi connectivity index (χ3n) is 4.72. The average Bonchev–Trinajstić information content (AvgIpc) is 2.62. The van der Waals surface area contributed by atoms with Gasteiger partial charge in [0.25, 0.3) is 0 Å². The molecule has 0 saturated carbocycles. The van der Waals surface area contributed by atoms with Gasteiger partial charge < -0.3 is 19.7 Å². The Bertz CT molecular complexity index is 459. The maximum Gasteiger partial charge on any atom is 0.333 e. The van der Waals surface area contributed by atoms with E-state index in [9.17, 15) is 19.8 Å². The van der Waals surface area contributed by atoms with E-state index in [0.29, 0.717) is 0 Å². The van der Waals surface area contributed by atoms with Crippen LogP contribution < -0.4 is 0 Å². The van der Waals surface area contributed by atoms with Crippen LogP contribution in [0.2, 0.25) is 0 Å². The van der Waals surface area contributed by atoms with Gasteiger partial charge in [0.05, 0.1) is 13.2 Å². The number of carbonyl (C=O) groups is 2. The highest BCUT2D eigenvalue weighted by molar-refractivity contribution is 5.88. The molecule has 150 valence electrons. The lowest BCUT2D eigenvalue weighted by Gasteiger charge is -2.30. The SMILES string of the molecule is CCCCCCCCCCCC(=O)O[C@@H]1[C@H](O)C=C(C(=O)OC)C[C@H]1O. The third-order valence-corrected chi connectivity index (χ3v) is 4.72. The standard InChI is InChI=1S/C20H34O6/c1-3-4-5-6-7-8-9-10-11-12-18(23)26-19-16(21)13-15(14-17(19)22)20(24)25-2/h13,16-17,19,21-22H,3-12,14H2,1-2H3/t16-,17-,19-/m1/s1. The number of rotatable bonds is 12. The number of aliphatic hydroxyl groups excluding tert-OH is 2. The summed E-state index contributed by atoms with van der Waals surface area (Å²) < 4.78 is 9.79. The molecule has 6 nitrogen and oxygen atoms in total. The number of methoxy groups -OCH3 is 1. The van der Waals surface area contributed by atoms with Gasteiger partial charge in [-0.15, -0.1) is 0 Å². The van der Waals surface area contributed by atoms with Gasteiger partial charge >= 0.3 is 11.9 Å². The normalized spacial score (nSPS) is 22.6. The zero-order chi connectivity index (χ0) is 19.4. The van der Waals surface area contributed by atoms with Crippen LogP contribution in [0.5, 0.6) is 0 Å². The van der Waals surface area contributed by atoms with Crippen LogP contribution in [0.4, 0.5) is 0 Å². The van der Waals surface area contributed by atoms with Crippen LogP contribution in [0.1, 0.15) is 77.6 Å². The summed E-state index contributed by atoms with van der Waals surface area (Å²) in [6.07, 6.45) is 8.64. The summed E-state index contributed by atoms with van der Waals surface area (Å²) in [5.41, 5.74) is 0.193. The zero-order valence-electron chi connectivity index (χ0n) is 16.1. The molecule has 3 atom stereocenters. The van der Waals surface area contributed by atoms with Crippen LogP contribution in [0.3, 0.4) is 0 Å². The van der Waals surface area contributed by atoms with Gasteiger partial charge in [0.1, 0.15) is 6.10 Å². The maximum absolute atomic E-state index is 11.9. The van der Waals surface area contributed by atoms with E-state index < -0.39 is 30.3 Å². The Labute approximate surface area is 156 Å². The molecule has 26 heavy (non-hydrogen) atoms. The number of hydrogen-bond donors (Lipinski definition) is 2. The van der Waals surface area contributed by atoms with Gasteiger partial charge in [0.15, 0.2) is 6.10 Å². The molecule has 0 aromatic rings. The summed E-state index contributed by atoms with van der Waals surface area (Å²) in [6.45, 7) is 2.21. The number of hydrogen-bond acceptors (Lipinski definition) is 6. The number of esters is 2. The molecule has 0 bridgehead atoms. The molecular formula is C20H34O6. The first kappa shape index (κ1) is 22.6. The van der Waals surface area contributed by atoms with E-state index in [4.69, 9.17) is 4.74 Å². The van der Waals surface area contributed by atoms with Gasteiger partial charge in [-0.05, 0) is 12.5 Å². The van der Waals surface area contributed by atoms with Crippen molar-refractivity contribution in [1.29, 1.82) is 0 Å². The van der Waals surface area contributed by atoms with E-state index in [1.165, 1.54) is 51.7 Å². The van der Waals surface area contributed by atoms with Crippen molar-refractivity contribution in [3.05, 3.63) is 11.6 Å². The smallest absolute Gasteiger partial charge is 0.333 e. The van der Waals surface area contributed by atoms with Crippen LogP contribution in [0, 0.1) is 0 Å². The molecule has 0 fully saturated rings. The second kappa shape index (κ2) is 12.9. The molecule has 0 spiro atoms. The van der Waals surface area contributed by atoms with E-state index in [0.717, 1.165) is 19.3 Å². The Morgan fingerprint density at radius 1 is 1.04 bits per heavy atom. The minimum absolute atomic E-state index is 0.000286. The lowest BCUT2D eigenvalue weighted by molar-refractivity contribution is -0.163. The van der Waals surface area contributed by atoms with Crippen molar-refractivity contribution in [1.82, 2.24) is 0 Å². The van der Waals surface area contributed by atoms with Gasteiger partial charge in [0.2, 0.25) is 0 Å². The predicted octanol–water partition coefficient (Wildman–Crippen LogP) is 3.04. The van der Waals surface area contributed by atoms with Gasteiger partial charge in [-0.2, -0.15) is 0 Å². The Kier molecular flexibility index (Phi) is 11.2. The molecule has 1 rings (SSSR count). The topological polar surface area (TPSA) is 93.1 Å². The summed E-state index contributed by atoms with van der Waals surface area (Å²) in [5.74, 6) is -1.02. The second-order valence-corrected chi connectivity index (χ2v) is 6.98. The first-order chi connectivity index (χ1) is 12.5. The van der Waals surface area contributed by atoms with Crippen LogP contribution >= 0.6 is 0 Å². The quantitative estimate of drug-likeness (QED) is 0.405. The second-order valence-electron chi connectivity index (χ2n) is 6.98. The van der Waals surface area contributed by atoms with Crippen LogP contribution in [0.25, 0.3) is 0 Å². The van der Waals surface area contributed by atoms with Crippen molar-refractivity contribution in [2.24, 2.45) is 0 Å². The van der Waals surface area contributed by atoms with Gasteiger partial charge in [0, 0.05) is 18.4 Å². The molecule has 2 N–H and O–H groups in total. The average molecular weight is 370 g/mol. The van der Waals surface area contributed by atoms with E-state index in [1.54, 1.807) is 0 Å². The van der Waals surface area contributed by atoms with E-state index in [2.05, 4.69) is 11.7 Å². The number of carbonyl (C=O) groups excluding carboxylic acids is 2. The van der Waals surface area contributed by atoms with Gasteiger partial charge in [-0.3, -0.25) is 4.79 Å². The number of ether oxygens (including phenoxy) is 2. The molecule has 1 aliphatic carbocycles. The Balaban J connectivity index is 2.21. The fourth-order valence-corrected chi connectivity index (χ4v) is 3.16. The highest BCUT2D eigenvalue weighted by atomic mass is 16.6. The first-order valence-electron chi connectivity index (χ1n) is 9.84. The lowest BCUT2D eigenvalue weighted by Crippen LogP contribution is -2.44. The number of aliphatic hydroxyl groups is 2. The van der Waals surface area contributed by atoms with Gasteiger partial charge in [-0.1, -0.05) is 58.3 Å². The molecule has 0 unspecified atom stereocenters. The summed E-state index contributed by atoms with van der Waals surface area (Å²) in [7, 11) is 1.24. The predicted molar refractivity (Wildman–Crippen MR) is 98.5 cm³/mol. The minimum Gasteiger partial charge on any atom is -0.466 e. The largest absolute Gasteiger partial charge is 0.466 e. The van der Waals surface area contributed by atoms with Crippen molar-refractivity contribution in [3.8, 4) is 0 Å². The highest BCUT2D eigenvalue weighted by Gasteiger charge is 2.36. The van der Waals surface area contributed by atoms with Crippen LogP contribution in [0.15, 0.2) is 11.6 Å². The number of unbranched alkanes of at least 4 members (excludes halogenated alkanes) is 8. The Morgan fingerprint density at radius 3 is 2.15 bits per heavy atom. The van der Waals surface area contributed by atoms with E-state index >= 15 is 0 Å². The molecule has 0 heterocycles. The molecule has 0 aromatic heterocycles. The maximum atomic E-state index is 11.9. The summed E-state index contributed by atoms with van der Waals surface area (Å²) >= 11 is 0. The van der Waals surface area contributed by atoms with Crippen LogP contribution in [-0.2, 0) is 19.1 Å². The highest BCUT2D eigenvalue weighted by Crippen LogP contribution is 2.23.